The lowest BCUT2D eigenvalue weighted by molar-refractivity contribution is 0.414. The lowest BCUT2D eigenvalue weighted by atomic mass is 10.1. The molecule has 30 heavy (non-hydrogen) atoms. The van der Waals surface area contributed by atoms with E-state index in [-0.39, 0.29) is 11.7 Å². The Hall–Kier alpha value is -3.81. The van der Waals surface area contributed by atoms with Gasteiger partial charge < -0.3 is 4.74 Å². The van der Waals surface area contributed by atoms with Crippen LogP contribution in [0.3, 0.4) is 0 Å². The molecular formula is C22H21FN6O. The number of methoxy groups -OCH3 is 1. The Bertz CT molecular complexity index is 1220. The molecule has 152 valence electrons. The highest BCUT2D eigenvalue weighted by Crippen LogP contribution is 2.31. The first-order valence-corrected chi connectivity index (χ1v) is 9.49. The number of aromatic nitrogens is 4. The summed E-state index contributed by atoms with van der Waals surface area (Å²) in [5, 5.41) is 9.80. The van der Waals surface area contributed by atoms with Crippen LogP contribution in [0.1, 0.15) is 31.0 Å². The van der Waals surface area contributed by atoms with Gasteiger partial charge in [0.2, 0.25) is 0 Å². The van der Waals surface area contributed by atoms with E-state index in [0.29, 0.717) is 17.0 Å². The highest BCUT2D eigenvalue weighted by Gasteiger charge is 2.20. The van der Waals surface area contributed by atoms with Crippen LogP contribution in [0, 0.1) is 5.82 Å². The van der Waals surface area contributed by atoms with E-state index in [1.54, 1.807) is 30.1 Å². The summed E-state index contributed by atoms with van der Waals surface area (Å²) in [7, 11) is 1.63. The second-order valence-electron chi connectivity index (χ2n) is 7.00. The fourth-order valence-electron chi connectivity index (χ4n) is 3.14. The zero-order chi connectivity index (χ0) is 21.1. The molecule has 2 aromatic heterocycles. The van der Waals surface area contributed by atoms with Crippen molar-refractivity contribution in [1.29, 1.82) is 0 Å². The van der Waals surface area contributed by atoms with Crippen LogP contribution in [0.5, 0.6) is 5.75 Å². The van der Waals surface area contributed by atoms with Crippen molar-refractivity contribution in [3.8, 4) is 11.4 Å². The molecule has 0 aliphatic heterocycles. The fourth-order valence-corrected chi connectivity index (χ4v) is 3.14. The Morgan fingerprint density at radius 2 is 1.97 bits per heavy atom. The third-order valence-corrected chi connectivity index (χ3v) is 4.57. The summed E-state index contributed by atoms with van der Waals surface area (Å²) in [6, 6.07) is 13.8. The first-order valence-electron chi connectivity index (χ1n) is 9.49. The average Bonchev–Trinajstić information content (AvgIpc) is 3.15. The molecule has 0 spiro atoms. The van der Waals surface area contributed by atoms with Crippen molar-refractivity contribution >= 4 is 23.1 Å². The minimum Gasteiger partial charge on any atom is -0.497 e. The molecule has 4 rings (SSSR count). The number of hydrogen-bond donors (Lipinski definition) is 1. The number of nitrogens with zero attached hydrogens (tertiary/aromatic N) is 5. The minimum atomic E-state index is -0.315. The van der Waals surface area contributed by atoms with E-state index in [1.165, 1.54) is 18.5 Å². The molecule has 0 aliphatic rings. The van der Waals surface area contributed by atoms with Crippen LogP contribution in [0.25, 0.3) is 16.7 Å². The summed E-state index contributed by atoms with van der Waals surface area (Å²) in [6.07, 6.45) is 3.00. The summed E-state index contributed by atoms with van der Waals surface area (Å²) in [5.41, 5.74) is 5.93. The first-order chi connectivity index (χ1) is 14.6. The molecular weight excluding hydrogens is 383 g/mol. The Morgan fingerprint density at radius 1 is 1.13 bits per heavy atom. The molecule has 0 unspecified atom stereocenters. The highest BCUT2D eigenvalue weighted by molar-refractivity contribution is 5.91. The number of nitrogens with one attached hydrogen (secondary N) is 1. The van der Waals surface area contributed by atoms with Crippen molar-refractivity contribution in [2.24, 2.45) is 5.10 Å². The standard InChI is InChI=1S/C22H21FN6O/c1-14(2)20-19-21(27-26-12-15-6-4-7-16(23)10-15)24-13-25-22(19)29(28-20)17-8-5-9-18(11-17)30-3/h4-14H,1-3H3,(H,24,25,27). The number of fused-ring (bicyclic) bond motifs is 1. The summed E-state index contributed by atoms with van der Waals surface area (Å²) in [5.74, 6) is 1.09. The topological polar surface area (TPSA) is 77.2 Å². The smallest absolute Gasteiger partial charge is 0.168 e. The molecule has 0 fully saturated rings. The average molecular weight is 404 g/mol. The van der Waals surface area contributed by atoms with Crippen LogP contribution in [-0.4, -0.2) is 33.1 Å². The van der Waals surface area contributed by atoms with Crippen molar-refractivity contribution in [2.45, 2.75) is 19.8 Å². The van der Waals surface area contributed by atoms with Crippen molar-refractivity contribution in [1.82, 2.24) is 19.7 Å². The fraction of sp³-hybridized carbons (Fsp3) is 0.182. The normalized spacial score (nSPS) is 11.5. The number of hydrogen-bond acceptors (Lipinski definition) is 6. The monoisotopic (exact) mass is 404 g/mol. The molecule has 0 saturated carbocycles. The molecule has 2 heterocycles. The molecule has 0 aliphatic carbocycles. The van der Waals surface area contributed by atoms with E-state index in [9.17, 15) is 4.39 Å². The predicted molar refractivity (Wildman–Crippen MR) is 115 cm³/mol. The van der Waals surface area contributed by atoms with Gasteiger partial charge >= 0.3 is 0 Å². The van der Waals surface area contributed by atoms with E-state index < -0.39 is 0 Å². The molecule has 0 saturated heterocycles. The maximum atomic E-state index is 13.4. The van der Waals surface area contributed by atoms with Crippen LogP contribution in [0.4, 0.5) is 10.2 Å². The van der Waals surface area contributed by atoms with Crippen LogP contribution < -0.4 is 10.2 Å². The number of anilines is 1. The minimum absolute atomic E-state index is 0.137. The summed E-state index contributed by atoms with van der Waals surface area (Å²) >= 11 is 0. The van der Waals surface area contributed by atoms with Gasteiger partial charge in [-0.3, -0.25) is 5.43 Å². The van der Waals surface area contributed by atoms with Gasteiger partial charge in [-0.15, -0.1) is 0 Å². The van der Waals surface area contributed by atoms with Gasteiger partial charge in [-0.05, 0) is 35.7 Å². The maximum absolute atomic E-state index is 13.4. The third-order valence-electron chi connectivity index (χ3n) is 4.57. The zero-order valence-electron chi connectivity index (χ0n) is 16.9. The molecule has 0 bridgehead atoms. The van der Waals surface area contributed by atoms with E-state index in [4.69, 9.17) is 9.84 Å². The number of benzene rings is 2. The molecule has 0 atom stereocenters. The third kappa shape index (κ3) is 3.84. The lowest BCUT2D eigenvalue weighted by Gasteiger charge is -2.06. The van der Waals surface area contributed by atoms with Gasteiger partial charge in [0.05, 0.1) is 30.1 Å². The molecule has 7 nitrogen and oxygen atoms in total. The second kappa shape index (κ2) is 8.28. The van der Waals surface area contributed by atoms with Crippen LogP contribution in [0.15, 0.2) is 60.0 Å². The van der Waals surface area contributed by atoms with E-state index >= 15 is 0 Å². The van der Waals surface area contributed by atoms with Gasteiger partial charge in [0.15, 0.2) is 11.5 Å². The van der Waals surface area contributed by atoms with E-state index in [0.717, 1.165) is 22.5 Å². The second-order valence-corrected chi connectivity index (χ2v) is 7.00. The Morgan fingerprint density at radius 3 is 2.73 bits per heavy atom. The van der Waals surface area contributed by atoms with Gasteiger partial charge in [-0.1, -0.05) is 32.0 Å². The Balaban J connectivity index is 1.77. The molecule has 4 aromatic rings. The van der Waals surface area contributed by atoms with E-state index in [2.05, 4.69) is 34.3 Å². The van der Waals surface area contributed by atoms with Crippen LogP contribution in [0.2, 0.25) is 0 Å². The van der Waals surface area contributed by atoms with Crippen LogP contribution >= 0.6 is 0 Å². The SMILES string of the molecule is COc1cccc(-n2nc(C(C)C)c3c(NN=Cc4cccc(F)c4)ncnc32)c1. The number of hydrazone groups is 1. The Kier molecular flexibility index (Phi) is 5.38. The van der Waals surface area contributed by atoms with E-state index in [1.807, 2.05) is 24.3 Å². The number of rotatable bonds is 6. The summed E-state index contributed by atoms with van der Waals surface area (Å²) in [4.78, 5) is 8.81. The first kappa shape index (κ1) is 19.5. The molecule has 0 amide bonds. The molecule has 8 heteroatoms. The van der Waals surface area contributed by atoms with Crippen molar-refractivity contribution in [2.75, 3.05) is 12.5 Å². The molecule has 0 radical (unpaired) electrons. The van der Waals surface area contributed by atoms with Crippen LogP contribution in [-0.2, 0) is 0 Å². The van der Waals surface area contributed by atoms with Gasteiger partial charge in [0.1, 0.15) is 17.9 Å². The van der Waals surface area contributed by atoms with Crippen molar-refractivity contribution < 1.29 is 9.13 Å². The molecule has 1 N–H and O–H groups in total. The summed E-state index contributed by atoms with van der Waals surface area (Å²) < 4.78 is 20.5. The maximum Gasteiger partial charge on any atom is 0.168 e. The molecule has 2 aromatic carbocycles. The predicted octanol–water partition coefficient (Wildman–Crippen LogP) is 4.53. The summed E-state index contributed by atoms with van der Waals surface area (Å²) in [6.45, 7) is 4.12. The number of ether oxygens (including phenoxy) is 1. The zero-order valence-corrected chi connectivity index (χ0v) is 16.9. The number of halogens is 1. The van der Waals surface area contributed by atoms with Gasteiger partial charge in [-0.2, -0.15) is 10.2 Å². The largest absolute Gasteiger partial charge is 0.497 e. The quantitative estimate of drug-likeness (QED) is 0.377. The Labute approximate surface area is 173 Å². The van der Waals surface area contributed by atoms with Crippen molar-refractivity contribution in [3.63, 3.8) is 0 Å². The van der Waals surface area contributed by atoms with Gasteiger partial charge in [0, 0.05) is 6.07 Å². The van der Waals surface area contributed by atoms with Gasteiger partial charge in [0.25, 0.3) is 0 Å². The van der Waals surface area contributed by atoms with Gasteiger partial charge in [-0.25, -0.2) is 19.0 Å². The highest BCUT2D eigenvalue weighted by atomic mass is 19.1. The lowest BCUT2D eigenvalue weighted by Crippen LogP contribution is -2.00. The van der Waals surface area contributed by atoms with Crippen molar-refractivity contribution in [3.05, 3.63) is 71.9 Å².